The van der Waals surface area contributed by atoms with E-state index < -0.39 is 5.92 Å². The van der Waals surface area contributed by atoms with Crippen molar-refractivity contribution in [2.24, 2.45) is 5.73 Å². The predicted octanol–water partition coefficient (Wildman–Crippen LogP) is 5.38. The zero-order valence-corrected chi connectivity index (χ0v) is 18.4. The van der Waals surface area contributed by atoms with Crippen LogP contribution in [0, 0.1) is 17.1 Å². The summed E-state index contributed by atoms with van der Waals surface area (Å²) in [7, 11) is 0. The van der Waals surface area contributed by atoms with E-state index in [-0.39, 0.29) is 34.7 Å². The second-order valence-electron chi connectivity index (χ2n) is 7.33. The largest absolute Gasteiger partial charge is 0.508 e. The van der Waals surface area contributed by atoms with E-state index in [1.807, 2.05) is 6.92 Å². The Hall–Kier alpha value is -3.89. The van der Waals surface area contributed by atoms with Gasteiger partial charge in [-0.1, -0.05) is 29.8 Å². The van der Waals surface area contributed by atoms with E-state index in [0.29, 0.717) is 40.5 Å². The fraction of sp³-hybridized carbons (Fsp3) is 0.160. The van der Waals surface area contributed by atoms with Crippen LogP contribution in [-0.4, -0.2) is 11.7 Å². The van der Waals surface area contributed by atoms with Crippen LogP contribution in [0.5, 0.6) is 23.0 Å². The lowest BCUT2D eigenvalue weighted by Crippen LogP contribution is -2.21. The van der Waals surface area contributed by atoms with E-state index >= 15 is 0 Å². The van der Waals surface area contributed by atoms with Crippen LogP contribution in [0.4, 0.5) is 4.39 Å². The first-order valence-corrected chi connectivity index (χ1v) is 10.5. The average Bonchev–Trinajstić information content (AvgIpc) is 2.77. The van der Waals surface area contributed by atoms with Crippen molar-refractivity contribution in [3.8, 4) is 29.1 Å². The molecule has 1 aliphatic heterocycles. The molecule has 4 rings (SSSR count). The number of hydrogen-bond acceptors (Lipinski definition) is 6. The van der Waals surface area contributed by atoms with Gasteiger partial charge in [-0.15, -0.1) is 0 Å². The molecule has 0 unspecified atom stereocenters. The molecule has 0 saturated heterocycles. The maximum Gasteiger partial charge on any atom is 0.205 e. The van der Waals surface area contributed by atoms with Crippen LogP contribution < -0.4 is 19.9 Å². The Kier molecular flexibility index (Phi) is 6.29. The van der Waals surface area contributed by atoms with Gasteiger partial charge in [0.15, 0.2) is 11.5 Å². The van der Waals surface area contributed by atoms with Gasteiger partial charge in [-0.25, -0.2) is 4.39 Å². The lowest BCUT2D eigenvalue weighted by Gasteiger charge is -2.27. The van der Waals surface area contributed by atoms with Crippen molar-refractivity contribution in [1.29, 1.82) is 5.26 Å². The minimum atomic E-state index is -0.590. The molecule has 0 amide bonds. The van der Waals surface area contributed by atoms with E-state index in [0.717, 1.165) is 0 Å². The number of rotatable bonds is 6. The van der Waals surface area contributed by atoms with Crippen molar-refractivity contribution in [2.75, 3.05) is 6.61 Å². The molecule has 168 valence electrons. The van der Waals surface area contributed by atoms with Crippen molar-refractivity contribution in [2.45, 2.75) is 19.4 Å². The Labute approximate surface area is 195 Å². The summed E-state index contributed by atoms with van der Waals surface area (Å²) < 4.78 is 30.7. The molecule has 0 saturated carbocycles. The molecule has 8 heteroatoms. The third-order valence-electron chi connectivity index (χ3n) is 5.14. The number of nitriles is 1. The molecule has 1 atom stereocenters. The quantitative estimate of drug-likeness (QED) is 0.506. The fourth-order valence-electron chi connectivity index (χ4n) is 3.73. The molecule has 6 nitrogen and oxygen atoms in total. The van der Waals surface area contributed by atoms with E-state index in [4.69, 9.17) is 31.5 Å². The van der Waals surface area contributed by atoms with E-state index in [9.17, 15) is 14.8 Å². The number of ether oxygens (including phenoxy) is 3. The van der Waals surface area contributed by atoms with Gasteiger partial charge in [-0.05, 0) is 48.4 Å². The molecule has 0 aliphatic carbocycles. The lowest BCUT2D eigenvalue weighted by atomic mass is 9.83. The number of phenols is 1. The maximum atomic E-state index is 13.5. The highest BCUT2D eigenvalue weighted by molar-refractivity contribution is 6.32. The molecule has 0 spiro atoms. The van der Waals surface area contributed by atoms with Gasteiger partial charge in [0.25, 0.3) is 0 Å². The van der Waals surface area contributed by atoms with Crippen molar-refractivity contribution >= 4 is 11.6 Å². The molecule has 0 fully saturated rings. The van der Waals surface area contributed by atoms with Crippen LogP contribution in [-0.2, 0) is 6.61 Å². The third-order valence-corrected chi connectivity index (χ3v) is 5.42. The van der Waals surface area contributed by atoms with Gasteiger partial charge in [0.2, 0.25) is 5.88 Å². The number of aromatic hydroxyl groups is 1. The zero-order valence-electron chi connectivity index (χ0n) is 17.6. The number of allylic oxidation sites excluding steroid dienone is 1. The Balaban J connectivity index is 1.76. The van der Waals surface area contributed by atoms with Crippen LogP contribution in [0.15, 0.2) is 66.1 Å². The Bertz CT molecular complexity index is 1290. The van der Waals surface area contributed by atoms with Crippen LogP contribution >= 0.6 is 11.6 Å². The Morgan fingerprint density at radius 3 is 2.73 bits per heavy atom. The smallest absolute Gasteiger partial charge is 0.205 e. The highest BCUT2D eigenvalue weighted by Gasteiger charge is 2.32. The lowest BCUT2D eigenvalue weighted by molar-refractivity contribution is 0.269. The van der Waals surface area contributed by atoms with Gasteiger partial charge in [0.1, 0.15) is 35.6 Å². The van der Waals surface area contributed by atoms with Gasteiger partial charge >= 0.3 is 0 Å². The van der Waals surface area contributed by atoms with Crippen molar-refractivity contribution < 1.29 is 23.7 Å². The first-order valence-electron chi connectivity index (χ1n) is 10.1. The summed E-state index contributed by atoms with van der Waals surface area (Å²) in [5.74, 6) is 0.0283. The second-order valence-corrected chi connectivity index (χ2v) is 7.74. The standard InChI is InChI=1S/C25H20ClFN2O4/c1-2-31-22-10-15(9-20(26)24(22)32-13-14-4-3-5-16(27)8-14)23-18-7-6-17(30)11-21(18)33-25(29)19(23)12-28/h3-11,23,30H,2,13,29H2,1H3/t23-/m0/s1. The van der Waals surface area contributed by atoms with E-state index in [2.05, 4.69) is 6.07 Å². The van der Waals surface area contributed by atoms with Gasteiger partial charge in [0, 0.05) is 11.6 Å². The summed E-state index contributed by atoms with van der Waals surface area (Å²) >= 11 is 6.59. The molecule has 3 aromatic rings. The van der Waals surface area contributed by atoms with Crippen molar-refractivity contribution in [3.63, 3.8) is 0 Å². The topological polar surface area (TPSA) is 97.7 Å². The monoisotopic (exact) mass is 466 g/mol. The number of phenolic OH excluding ortho intramolecular Hbond substituents is 1. The van der Waals surface area contributed by atoms with Crippen LogP contribution in [0.2, 0.25) is 5.02 Å². The molecule has 0 aromatic heterocycles. The van der Waals surface area contributed by atoms with Crippen LogP contribution in [0.1, 0.15) is 29.5 Å². The number of halogens is 2. The number of hydrogen-bond donors (Lipinski definition) is 2. The molecule has 0 radical (unpaired) electrons. The van der Waals surface area contributed by atoms with Gasteiger partial charge < -0.3 is 25.1 Å². The average molecular weight is 467 g/mol. The number of nitrogens with two attached hydrogens (primary N) is 1. The van der Waals surface area contributed by atoms with E-state index in [1.54, 1.807) is 30.3 Å². The summed E-state index contributed by atoms with van der Waals surface area (Å²) in [6.07, 6.45) is 0. The van der Waals surface area contributed by atoms with Crippen molar-refractivity contribution in [3.05, 3.63) is 93.6 Å². The van der Waals surface area contributed by atoms with Gasteiger partial charge in [-0.3, -0.25) is 0 Å². The molecular weight excluding hydrogens is 447 g/mol. The molecule has 1 heterocycles. The molecule has 3 N–H and O–H groups in total. The summed E-state index contributed by atoms with van der Waals surface area (Å²) in [6, 6.07) is 16.2. The molecular formula is C25H20ClFN2O4. The fourth-order valence-corrected chi connectivity index (χ4v) is 4.00. The number of benzene rings is 3. The number of fused-ring (bicyclic) bond motifs is 1. The summed E-state index contributed by atoms with van der Waals surface area (Å²) in [5, 5.41) is 19.9. The highest BCUT2D eigenvalue weighted by atomic mass is 35.5. The van der Waals surface area contributed by atoms with Gasteiger partial charge in [0.05, 0.1) is 17.5 Å². The predicted molar refractivity (Wildman–Crippen MR) is 121 cm³/mol. The first kappa shape index (κ1) is 22.3. The SMILES string of the molecule is CCOc1cc([C@@H]2C(C#N)=C(N)Oc3cc(O)ccc32)cc(Cl)c1OCc1cccc(F)c1. The second kappa shape index (κ2) is 9.31. The van der Waals surface area contributed by atoms with Gasteiger partial charge in [-0.2, -0.15) is 5.26 Å². The molecule has 1 aliphatic rings. The van der Waals surface area contributed by atoms with Crippen LogP contribution in [0.3, 0.4) is 0 Å². The van der Waals surface area contributed by atoms with Crippen molar-refractivity contribution in [1.82, 2.24) is 0 Å². The summed E-state index contributed by atoms with van der Waals surface area (Å²) in [6.45, 7) is 2.26. The summed E-state index contributed by atoms with van der Waals surface area (Å²) in [4.78, 5) is 0. The number of nitrogens with zero attached hydrogens (tertiary/aromatic N) is 1. The Morgan fingerprint density at radius 1 is 1.18 bits per heavy atom. The minimum Gasteiger partial charge on any atom is -0.508 e. The molecule has 3 aromatic carbocycles. The van der Waals surface area contributed by atoms with E-state index in [1.165, 1.54) is 24.3 Å². The highest BCUT2D eigenvalue weighted by Crippen LogP contribution is 2.47. The summed E-state index contributed by atoms with van der Waals surface area (Å²) in [5.41, 5.74) is 8.13. The van der Waals surface area contributed by atoms with Crippen LogP contribution in [0.25, 0.3) is 0 Å². The molecule has 0 bridgehead atoms. The minimum absolute atomic E-state index is 0.00911. The molecule has 33 heavy (non-hydrogen) atoms. The zero-order chi connectivity index (χ0) is 23.5. The third kappa shape index (κ3) is 4.52. The normalized spacial score (nSPS) is 14.8. The first-order chi connectivity index (χ1) is 15.9. The maximum absolute atomic E-state index is 13.5. The Morgan fingerprint density at radius 2 is 2.00 bits per heavy atom.